The van der Waals surface area contributed by atoms with Crippen LogP contribution in [0, 0.1) is 5.92 Å². The summed E-state index contributed by atoms with van der Waals surface area (Å²) in [5, 5.41) is 3.73. The van der Waals surface area contributed by atoms with Crippen LogP contribution in [-0.4, -0.2) is 41.5 Å². The van der Waals surface area contributed by atoms with Crippen molar-refractivity contribution in [3.8, 4) is 11.1 Å². The molecule has 0 aliphatic carbocycles. The number of amides is 1. The zero-order chi connectivity index (χ0) is 22.9. The lowest BCUT2D eigenvalue weighted by Crippen LogP contribution is -2.50. The minimum absolute atomic E-state index is 0.167. The van der Waals surface area contributed by atoms with Gasteiger partial charge in [-0.05, 0) is 49.9 Å². The Bertz CT molecular complexity index is 1100. The van der Waals surface area contributed by atoms with Crippen LogP contribution in [0.2, 0.25) is 0 Å². The van der Waals surface area contributed by atoms with Gasteiger partial charge in [0.1, 0.15) is 0 Å². The molecule has 3 aromatic rings. The molecule has 0 bridgehead atoms. The Hall–Kier alpha value is -2.93. The highest BCUT2D eigenvalue weighted by Gasteiger charge is 2.30. The number of rotatable bonds is 6. The van der Waals surface area contributed by atoms with Gasteiger partial charge in [0.15, 0.2) is 0 Å². The standard InChI is InChI=1S/C25H26F3N3O/c1-16(2)31-14-17(15-31)10-11-29-24(32)20-12-19-4-3-5-22(23(19)30-13-20)18-6-8-21(9-7-18)25(26,27)28/h3-9,12-13,16-17H,10-11,14-15H2,1-2H3,(H,29,32). The number of para-hydroxylation sites is 1. The van der Waals surface area contributed by atoms with Crippen molar-refractivity contribution in [3.63, 3.8) is 0 Å². The van der Waals surface area contributed by atoms with E-state index in [1.807, 2.05) is 18.2 Å². The second-order valence-corrected chi connectivity index (χ2v) is 8.63. The maximum atomic E-state index is 12.8. The van der Waals surface area contributed by atoms with E-state index in [1.165, 1.54) is 18.3 Å². The van der Waals surface area contributed by atoms with E-state index in [2.05, 4.69) is 29.0 Å². The lowest BCUT2D eigenvalue weighted by atomic mass is 9.95. The number of hydrogen-bond donors (Lipinski definition) is 1. The Morgan fingerprint density at radius 3 is 2.53 bits per heavy atom. The molecule has 7 heteroatoms. The summed E-state index contributed by atoms with van der Waals surface area (Å²) in [5.41, 5.74) is 1.80. The summed E-state index contributed by atoms with van der Waals surface area (Å²) < 4.78 is 38.5. The van der Waals surface area contributed by atoms with Crippen molar-refractivity contribution in [3.05, 3.63) is 65.9 Å². The molecule has 0 radical (unpaired) electrons. The van der Waals surface area contributed by atoms with Crippen molar-refractivity contribution in [2.75, 3.05) is 19.6 Å². The van der Waals surface area contributed by atoms with Crippen molar-refractivity contribution in [1.29, 1.82) is 0 Å². The molecule has 4 rings (SSSR count). The summed E-state index contributed by atoms with van der Waals surface area (Å²) >= 11 is 0. The van der Waals surface area contributed by atoms with Crippen LogP contribution in [-0.2, 0) is 6.18 Å². The molecule has 32 heavy (non-hydrogen) atoms. The lowest BCUT2D eigenvalue weighted by Gasteiger charge is -2.42. The number of carbonyl (C=O) groups excluding carboxylic acids is 1. The van der Waals surface area contributed by atoms with E-state index in [1.54, 1.807) is 6.07 Å². The fourth-order valence-corrected chi connectivity index (χ4v) is 4.06. The van der Waals surface area contributed by atoms with Crippen LogP contribution < -0.4 is 5.32 Å². The third-order valence-electron chi connectivity index (χ3n) is 6.05. The molecule has 1 saturated heterocycles. The molecule has 1 N–H and O–H groups in total. The van der Waals surface area contributed by atoms with Gasteiger partial charge in [-0.25, -0.2) is 0 Å². The van der Waals surface area contributed by atoms with Gasteiger partial charge in [0.05, 0.1) is 16.6 Å². The maximum absolute atomic E-state index is 12.8. The number of fused-ring (bicyclic) bond motifs is 1. The normalized spacial score (nSPS) is 15.2. The summed E-state index contributed by atoms with van der Waals surface area (Å²) in [6.45, 7) is 7.16. The molecular weight excluding hydrogens is 415 g/mol. The van der Waals surface area contributed by atoms with E-state index in [4.69, 9.17) is 0 Å². The van der Waals surface area contributed by atoms with Crippen LogP contribution in [0.15, 0.2) is 54.7 Å². The Morgan fingerprint density at radius 2 is 1.88 bits per heavy atom. The summed E-state index contributed by atoms with van der Waals surface area (Å²) in [4.78, 5) is 19.4. The highest BCUT2D eigenvalue weighted by molar-refractivity contribution is 6.00. The first-order chi connectivity index (χ1) is 15.2. The second-order valence-electron chi connectivity index (χ2n) is 8.63. The van der Waals surface area contributed by atoms with E-state index >= 15 is 0 Å². The number of halogens is 3. The van der Waals surface area contributed by atoms with Crippen LogP contribution in [0.3, 0.4) is 0 Å². The van der Waals surface area contributed by atoms with Gasteiger partial charge in [0, 0.05) is 42.8 Å². The fourth-order valence-electron chi connectivity index (χ4n) is 4.06. The Kier molecular flexibility index (Phi) is 6.20. The topological polar surface area (TPSA) is 45.2 Å². The SMILES string of the molecule is CC(C)N1CC(CCNC(=O)c2cnc3c(-c4ccc(C(F)(F)F)cc4)cccc3c2)C1. The fraction of sp³-hybridized carbons (Fsp3) is 0.360. The van der Waals surface area contributed by atoms with Crippen LogP contribution in [0.4, 0.5) is 13.2 Å². The van der Waals surface area contributed by atoms with Crippen LogP contribution in [0.5, 0.6) is 0 Å². The Morgan fingerprint density at radius 1 is 1.16 bits per heavy atom. The molecule has 2 heterocycles. The molecule has 1 fully saturated rings. The second kappa shape index (κ2) is 8.90. The number of pyridine rings is 1. The van der Waals surface area contributed by atoms with E-state index in [9.17, 15) is 18.0 Å². The van der Waals surface area contributed by atoms with Gasteiger partial charge < -0.3 is 10.2 Å². The minimum Gasteiger partial charge on any atom is -0.352 e. The van der Waals surface area contributed by atoms with Crippen molar-refractivity contribution < 1.29 is 18.0 Å². The van der Waals surface area contributed by atoms with Gasteiger partial charge in [0.25, 0.3) is 5.91 Å². The van der Waals surface area contributed by atoms with Crippen molar-refractivity contribution >= 4 is 16.8 Å². The Labute approximate surface area is 185 Å². The lowest BCUT2D eigenvalue weighted by molar-refractivity contribution is -0.137. The summed E-state index contributed by atoms with van der Waals surface area (Å²) in [7, 11) is 0. The van der Waals surface area contributed by atoms with Gasteiger partial charge in [-0.3, -0.25) is 9.78 Å². The largest absolute Gasteiger partial charge is 0.416 e. The zero-order valence-corrected chi connectivity index (χ0v) is 18.1. The van der Waals surface area contributed by atoms with E-state index in [-0.39, 0.29) is 5.91 Å². The van der Waals surface area contributed by atoms with Gasteiger partial charge in [-0.15, -0.1) is 0 Å². The third-order valence-corrected chi connectivity index (χ3v) is 6.05. The number of nitrogens with one attached hydrogen (secondary N) is 1. The summed E-state index contributed by atoms with van der Waals surface area (Å²) in [5.74, 6) is 0.457. The Balaban J connectivity index is 1.44. The van der Waals surface area contributed by atoms with Crippen LogP contribution >= 0.6 is 0 Å². The first-order valence-corrected chi connectivity index (χ1v) is 10.8. The zero-order valence-electron chi connectivity index (χ0n) is 18.1. The molecule has 0 saturated carbocycles. The monoisotopic (exact) mass is 441 g/mol. The molecule has 4 nitrogen and oxygen atoms in total. The molecule has 0 spiro atoms. The molecular formula is C25H26F3N3O. The van der Waals surface area contributed by atoms with E-state index < -0.39 is 11.7 Å². The molecule has 1 aromatic heterocycles. The first-order valence-electron chi connectivity index (χ1n) is 10.8. The number of alkyl halides is 3. The molecule has 0 atom stereocenters. The number of likely N-dealkylation sites (tertiary alicyclic amines) is 1. The van der Waals surface area contributed by atoms with E-state index in [0.717, 1.165) is 42.6 Å². The predicted molar refractivity (Wildman–Crippen MR) is 119 cm³/mol. The number of carbonyl (C=O) groups is 1. The highest BCUT2D eigenvalue weighted by Crippen LogP contribution is 2.33. The maximum Gasteiger partial charge on any atom is 0.416 e. The average Bonchev–Trinajstić information content (AvgIpc) is 2.73. The number of benzene rings is 2. The van der Waals surface area contributed by atoms with Crippen LogP contribution in [0.25, 0.3) is 22.0 Å². The molecule has 168 valence electrons. The van der Waals surface area contributed by atoms with Gasteiger partial charge in [-0.2, -0.15) is 13.2 Å². The predicted octanol–water partition coefficient (Wildman–Crippen LogP) is 5.38. The average molecular weight is 441 g/mol. The van der Waals surface area contributed by atoms with Gasteiger partial charge in [-0.1, -0.05) is 30.3 Å². The van der Waals surface area contributed by atoms with Crippen molar-refractivity contribution in [2.45, 2.75) is 32.5 Å². The van der Waals surface area contributed by atoms with Gasteiger partial charge in [0.2, 0.25) is 0 Å². The molecule has 1 aliphatic rings. The minimum atomic E-state index is -4.37. The molecule has 2 aromatic carbocycles. The number of hydrogen-bond acceptors (Lipinski definition) is 3. The third kappa shape index (κ3) is 4.78. The molecule has 1 amide bonds. The number of nitrogens with zero attached hydrogens (tertiary/aromatic N) is 2. The quantitative estimate of drug-likeness (QED) is 0.559. The number of aromatic nitrogens is 1. The van der Waals surface area contributed by atoms with E-state index in [0.29, 0.717) is 35.1 Å². The summed E-state index contributed by atoms with van der Waals surface area (Å²) in [6, 6.07) is 12.8. The highest BCUT2D eigenvalue weighted by atomic mass is 19.4. The molecule has 0 unspecified atom stereocenters. The summed E-state index contributed by atoms with van der Waals surface area (Å²) in [6.07, 6.45) is -1.90. The smallest absolute Gasteiger partial charge is 0.352 e. The molecule has 1 aliphatic heterocycles. The van der Waals surface area contributed by atoms with Crippen LogP contribution in [0.1, 0.15) is 36.2 Å². The van der Waals surface area contributed by atoms with Crippen molar-refractivity contribution in [2.24, 2.45) is 5.92 Å². The van der Waals surface area contributed by atoms with Crippen molar-refractivity contribution in [1.82, 2.24) is 15.2 Å². The van der Waals surface area contributed by atoms with Gasteiger partial charge >= 0.3 is 6.18 Å². The first kappa shape index (κ1) is 22.3.